The Labute approximate surface area is 107 Å². The van der Waals surface area contributed by atoms with Crippen LogP contribution in [0.1, 0.15) is 23.0 Å². The van der Waals surface area contributed by atoms with Crippen LogP contribution in [0.15, 0.2) is 4.34 Å². The predicted octanol–water partition coefficient (Wildman–Crippen LogP) is 2.45. The molecule has 0 bridgehead atoms. The number of aliphatic hydroxyl groups is 1. The summed E-state index contributed by atoms with van der Waals surface area (Å²) in [5.74, 6) is -0.468. The summed E-state index contributed by atoms with van der Waals surface area (Å²) in [4.78, 5) is 15.7. The Kier molecular flexibility index (Phi) is 5.54. The van der Waals surface area contributed by atoms with Crippen LogP contribution in [-0.2, 0) is 4.74 Å². The number of hydrogen-bond acceptors (Lipinski definition) is 6. The van der Waals surface area contributed by atoms with Gasteiger partial charge in [0, 0.05) is 11.9 Å². The lowest BCUT2D eigenvalue weighted by molar-refractivity contribution is 0.0606. The molecule has 0 aliphatic carbocycles. The third kappa shape index (κ3) is 3.62. The molecular formula is C9H12ClNO3S2. The lowest BCUT2D eigenvalue weighted by Gasteiger charge is -2.05. The van der Waals surface area contributed by atoms with Crippen LogP contribution < -0.4 is 0 Å². The zero-order valence-electron chi connectivity index (χ0n) is 8.90. The standard InChI is InChI=1S/C9H12ClNO3S2/c1-5(3-4-12)15-9-11-7(10)6(16-9)8(13)14-2/h5,12H,3-4H2,1-2H3. The molecular weight excluding hydrogens is 270 g/mol. The van der Waals surface area contributed by atoms with Crippen LogP contribution in [-0.4, -0.2) is 35.0 Å². The van der Waals surface area contributed by atoms with Gasteiger partial charge in [0.15, 0.2) is 14.4 Å². The monoisotopic (exact) mass is 281 g/mol. The summed E-state index contributed by atoms with van der Waals surface area (Å²) in [6.45, 7) is 2.12. The Bertz CT molecular complexity index is 370. The molecule has 4 nitrogen and oxygen atoms in total. The second-order valence-electron chi connectivity index (χ2n) is 3.03. The number of aromatic nitrogens is 1. The van der Waals surface area contributed by atoms with E-state index >= 15 is 0 Å². The number of halogens is 1. The van der Waals surface area contributed by atoms with Gasteiger partial charge in [-0.1, -0.05) is 41.6 Å². The van der Waals surface area contributed by atoms with Crippen LogP contribution in [0.5, 0.6) is 0 Å². The van der Waals surface area contributed by atoms with Crippen molar-refractivity contribution < 1.29 is 14.6 Å². The number of nitrogens with zero attached hydrogens (tertiary/aromatic N) is 1. The normalized spacial score (nSPS) is 12.5. The highest BCUT2D eigenvalue weighted by Gasteiger charge is 2.18. The van der Waals surface area contributed by atoms with Crippen molar-refractivity contribution in [2.45, 2.75) is 22.9 Å². The molecule has 16 heavy (non-hydrogen) atoms. The fourth-order valence-electron chi connectivity index (χ4n) is 0.965. The van der Waals surface area contributed by atoms with Gasteiger partial charge in [0.2, 0.25) is 0 Å². The van der Waals surface area contributed by atoms with Crippen LogP contribution in [0.4, 0.5) is 0 Å². The number of rotatable bonds is 5. The summed E-state index contributed by atoms with van der Waals surface area (Å²) >= 11 is 8.51. The minimum atomic E-state index is -0.468. The van der Waals surface area contributed by atoms with Crippen LogP contribution in [0.25, 0.3) is 0 Å². The van der Waals surface area contributed by atoms with Crippen molar-refractivity contribution in [3.8, 4) is 0 Å². The number of methoxy groups -OCH3 is 1. The average Bonchev–Trinajstić information content (AvgIpc) is 2.58. The Morgan fingerprint density at radius 2 is 2.44 bits per heavy atom. The van der Waals surface area contributed by atoms with Gasteiger partial charge >= 0.3 is 5.97 Å². The molecule has 90 valence electrons. The number of aliphatic hydroxyl groups excluding tert-OH is 1. The molecule has 1 aromatic heterocycles. The predicted molar refractivity (Wildman–Crippen MR) is 65.5 cm³/mol. The van der Waals surface area contributed by atoms with E-state index in [4.69, 9.17) is 16.7 Å². The molecule has 0 saturated heterocycles. The van der Waals surface area contributed by atoms with E-state index in [9.17, 15) is 4.79 Å². The number of ether oxygens (including phenoxy) is 1. The highest BCUT2D eigenvalue weighted by molar-refractivity contribution is 8.01. The van der Waals surface area contributed by atoms with Gasteiger partial charge < -0.3 is 9.84 Å². The first-order valence-electron chi connectivity index (χ1n) is 4.60. The molecule has 7 heteroatoms. The third-order valence-corrected chi connectivity index (χ3v) is 4.46. The van der Waals surface area contributed by atoms with E-state index in [1.165, 1.54) is 30.2 Å². The van der Waals surface area contributed by atoms with Crippen LogP contribution in [0, 0.1) is 0 Å². The number of carbonyl (C=O) groups excluding carboxylic acids is 1. The van der Waals surface area contributed by atoms with Crippen molar-refractivity contribution in [1.29, 1.82) is 0 Å². The number of hydrogen-bond donors (Lipinski definition) is 1. The van der Waals surface area contributed by atoms with Gasteiger partial charge in [-0.2, -0.15) is 0 Å². The van der Waals surface area contributed by atoms with E-state index in [0.29, 0.717) is 15.6 Å². The first-order valence-corrected chi connectivity index (χ1v) is 6.68. The molecule has 0 amide bonds. The summed E-state index contributed by atoms with van der Waals surface area (Å²) < 4.78 is 5.29. The maximum absolute atomic E-state index is 11.3. The largest absolute Gasteiger partial charge is 0.465 e. The van der Waals surface area contributed by atoms with E-state index in [1.807, 2.05) is 6.92 Å². The van der Waals surface area contributed by atoms with Crippen molar-refractivity contribution in [1.82, 2.24) is 4.98 Å². The van der Waals surface area contributed by atoms with E-state index in [1.54, 1.807) is 0 Å². The van der Waals surface area contributed by atoms with Gasteiger partial charge in [-0.15, -0.1) is 0 Å². The molecule has 0 aliphatic heterocycles. The first-order chi connectivity index (χ1) is 7.58. The van der Waals surface area contributed by atoms with Gasteiger partial charge in [0.1, 0.15) is 0 Å². The molecule has 1 N–H and O–H groups in total. The van der Waals surface area contributed by atoms with Crippen LogP contribution in [0.3, 0.4) is 0 Å². The quantitative estimate of drug-likeness (QED) is 0.664. The lowest BCUT2D eigenvalue weighted by atomic mass is 10.4. The maximum Gasteiger partial charge on any atom is 0.351 e. The highest BCUT2D eigenvalue weighted by atomic mass is 35.5. The fraction of sp³-hybridized carbons (Fsp3) is 0.556. The Morgan fingerprint density at radius 3 is 3.00 bits per heavy atom. The van der Waals surface area contributed by atoms with Crippen LogP contribution >= 0.6 is 34.7 Å². The number of carbonyl (C=O) groups is 1. The summed E-state index contributed by atoms with van der Waals surface area (Å²) in [5, 5.41) is 9.18. The minimum absolute atomic E-state index is 0.136. The van der Waals surface area contributed by atoms with E-state index in [2.05, 4.69) is 9.72 Å². The molecule has 0 fully saturated rings. The summed E-state index contributed by atoms with van der Waals surface area (Å²) in [5.41, 5.74) is 0. The van der Waals surface area contributed by atoms with Crippen molar-refractivity contribution in [3.63, 3.8) is 0 Å². The van der Waals surface area contributed by atoms with Crippen molar-refractivity contribution in [2.75, 3.05) is 13.7 Å². The Balaban J connectivity index is 2.73. The molecule has 1 atom stereocenters. The molecule has 1 rings (SSSR count). The molecule has 0 saturated carbocycles. The van der Waals surface area contributed by atoms with Gasteiger partial charge in [-0.25, -0.2) is 9.78 Å². The van der Waals surface area contributed by atoms with Crippen molar-refractivity contribution in [3.05, 3.63) is 10.0 Å². The number of esters is 1. The molecule has 1 heterocycles. The van der Waals surface area contributed by atoms with Gasteiger partial charge in [0.05, 0.1) is 7.11 Å². The lowest BCUT2D eigenvalue weighted by Crippen LogP contribution is -1.98. The second kappa shape index (κ2) is 6.44. The van der Waals surface area contributed by atoms with Gasteiger partial charge in [-0.3, -0.25) is 0 Å². The third-order valence-electron chi connectivity index (χ3n) is 1.77. The van der Waals surface area contributed by atoms with E-state index in [0.717, 1.165) is 0 Å². The summed E-state index contributed by atoms with van der Waals surface area (Å²) in [7, 11) is 1.31. The van der Waals surface area contributed by atoms with Crippen molar-refractivity contribution >= 4 is 40.7 Å². The molecule has 1 aromatic rings. The van der Waals surface area contributed by atoms with E-state index < -0.39 is 5.97 Å². The number of thioether (sulfide) groups is 1. The molecule has 0 aromatic carbocycles. The highest BCUT2D eigenvalue weighted by Crippen LogP contribution is 2.33. The van der Waals surface area contributed by atoms with Gasteiger partial charge in [0.25, 0.3) is 0 Å². The van der Waals surface area contributed by atoms with Crippen LogP contribution in [0.2, 0.25) is 5.15 Å². The molecule has 0 aliphatic rings. The summed E-state index contributed by atoms with van der Waals surface area (Å²) in [6.07, 6.45) is 0.676. The zero-order chi connectivity index (χ0) is 12.1. The smallest absolute Gasteiger partial charge is 0.351 e. The molecule has 1 unspecified atom stereocenters. The van der Waals surface area contributed by atoms with E-state index in [-0.39, 0.29) is 17.0 Å². The molecule has 0 spiro atoms. The Morgan fingerprint density at radius 1 is 1.75 bits per heavy atom. The topological polar surface area (TPSA) is 59.4 Å². The summed E-state index contributed by atoms with van der Waals surface area (Å²) in [6, 6.07) is 0. The minimum Gasteiger partial charge on any atom is -0.465 e. The molecule has 0 radical (unpaired) electrons. The Hall–Kier alpha value is -0.300. The first kappa shape index (κ1) is 13.8. The average molecular weight is 282 g/mol. The van der Waals surface area contributed by atoms with Crippen molar-refractivity contribution in [2.24, 2.45) is 0 Å². The zero-order valence-corrected chi connectivity index (χ0v) is 11.3. The SMILES string of the molecule is COC(=O)c1sc(SC(C)CCO)nc1Cl. The van der Waals surface area contributed by atoms with Gasteiger partial charge in [-0.05, 0) is 6.42 Å². The maximum atomic E-state index is 11.3. The fourth-order valence-corrected chi connectivity index (χ4v) is 3.60. The second-order valence-corrected chi connectivity index (χ2v) is 6.07. The number of thiazole rings is 1.